The lowest BCUT2D eigenvalue weighted by Crippen LogP contribution is -2.10. The third-order valence-corrected chi connectivity index (χ3v) is 0.588. The Morgan fingerprint density at radius 3 is 1.78 bits per heavy atom. The Morgan fingerprint density at radius 1 is 1.67 bits per heavy atom. The van der Waals surface area contributed by atoms with Crippen molar-refractivity contribution in [2.24, 2.45) is 0 Å². The van der Waals surface area contributed by atoms with E-state index in [0.717, 1.165) is 6.29 Å². The minimum atomic E-state index is -0.787. The van der Waals surface area contributed by atoms with Gasteiger partial charge in [-0.1, -0.05) is 0 Å². The zero-order valence-electron chi connectivity index (χ0n) is 5.92. The van der Waals surface area contributed by atoms with Crippen LogP contribution in [-0.4, -0.2) is 23.3 Å². The maximum atomic E-state index is 9.89. The summed E-state index contributed by atoms with van der Waals surface area (Å²) in [6.45, 7) is 4.24. The van der Waals surface area contributed by atoms with Crippen LogP contribution in [0.3, 0.4) is 0 Å². The number of aliphatic hydroxyl groups excluding tert-OH is 1. The lowest BCUT2D eigenvalue weighted by Gasteiger charge is -1.90. The van der Waals surface area contributed by atoms with Gasteiger partial charge in [0.1, 0.15) is 12.4 Å². The maximum Gasteiger partial charge on any atom is 0.157 e. The first-order valence-electron chi connectivity index (χ1n) is 2.64. The van der Waals surface area contributed by atoms with E-state index in [-0.39, 0.29) is 5.78 Å². The molecule has 0 saturated carbocycles. The van der Waals surface area contributed by atoms with E-state index in [1.165, 1.54) is 20.8 Å². The zero-order valence-corrected chi connectivity index (χ0v) is 5.92. The summed E-state index contributed by atoms with van der Waals surface area (Å²) in [5, 5.41) is 8.28. The van der Waals surface area contributed by atoms with Crippen molar-refractivity contribution in [2.45, 2.75) is 26.9 Å². The molecule has 1 atom stereocenters. The molecule has 0 spiro atoms. The summed E-state index contributed by atoms with van der Waals surface area (Å²) < 4.78 is 0. The second-order valence-electron chi connectivity index (χ2n) is 1.52. The highest BCUT2D eigenvalue weighted by molar-refractivity contribution is 5.79. The van der Waals surface area contributed by atoms with Crippen molar-refractivity contribution in [3.8, 4) is 0 Å². The molecule has 0 aromatic rings. The number of hydrogen-bond donors (Lipinski definition) is 1. The van der Waals surface area contributed by atoms with Gasteiger partial charge in [-0.3, -0.25) is 4.79 Å². The van der Waals surface area contributed by atoms with Crippen molar-refractivity contribution >= 4 is 12.1 Å². The van der Waals surface area contributed by atoms with Gasteiger partial charge >= 0.3 is 0 Å². The lowest BCUT2D eigenvalue weighted by molar-refractivity contribution is -0.124. The molecule has 0 aliphatic carbocycles. The Hall–Kier alpha value is -0.700. The summed E-state index contributed by atoms with van der Waals surface area (Å²) in [7, 11) is 0. The highest BCUT2D eigenvalue weighted by atomic mass is 16.3. The standard InChI is InChI=1S/C4H8O2.C2H4O/c1-3(5)4(2)6;1-2-3/h3,5H,1-2H3;2H,1H3. The van der Waals surface area contributed by atoms with Crippen LogP contribution in [0.15, 0.2) is 0 Å². The number of carbonyl (C=O) groups excluding carboxylic acids is 2. The molecule has 0 aromatic carbocycles. The Labute approximate surface area is 54.7 Å². The Balaban J connectivity index is 0. The molecule has 0 aromatic heterocycles. The molecular weight excluding hydrogens is 120 g/mol. The van der Waals surface area contributed by atoms with Crippen LogP contribution in [0.2, 0.25) is 0 Å². The fourth-order valence-electron chi connectivity index (χ4n) is 0. The van der Waals surface area contributed by atoms with E-state index >= 15 is 0 Å². The average molecular weight is 132 g/mol. The fourth-order valence-corrected chi connectivity index (χ4v) is 0. The molecule has 0 fully saturated rings. The van der Waals surface area contributed by atoms with Gasteiger partial charge in [0.25, 0.3) is 0 Å². The van der Waals surface area contributed by atoms with E-state index in [1.807, 2.05) is 0 Å². The van der Waals surface area contributed by atoms with Crippen molar-refractivity contribution in [1.29, 1.82) is 0 Å². The number of aldehydes is 1. The SMILES string of the molecule is CC(=O)C(C)O.CC=O. The molecule has 0 aliphatic rings. The maximum absolute atomic E-state index is 9.89. The van der Waals surface area contributed by atoms with Gasteiger partial charge in [-0.15, -0.1) is 0 Å². The molecular formula is C6H12O3. The first kappa shape index (κ1) is 11.1. The van der Waals surface area contributed by atoms with Crippen molar-refractivity contribution in [2.75, 3.05) is 0 Å². The number of carbonyl (C=O) groups is 2. The van der Waals surface area contributed by atoms with Crippen LogP contribution < -0.4 is 0 Å². The largest absolute Gasteiger partial charge is 0.386 e. The van der Waals surface area contributed by atoms with Crippen LogP contribution >= 0.6 is 0 Å². The predicted octanol–water partition coefficient (Wildman–Crippen LogP) is 0.161. The topological polar surface area (TPSA) is 54.4 Å². The molecule has 0 rings (SSSR count). The minimum Gasteiger partial charge on any atom is -0.386 e. The van der Waals surface area contributed by atoms with Gasteiger partial charge < -0.3 is 9.90 Å². The molecule has 54 valence electrons. The number of rotatable bonds is 1. The van der Waals surface area contributed by atoms with E-state index in [0.29, 0.717) is 0 Å². The molecule has 0 radical (unpaired) electrons. The van der Waals surface area contributed by atoms with E-state index < -0.39 is 6.10 Å². The van der Waals surface area contributed by atoms with Crippen LogP contribution in [0.25, 0.3) is 0 Å². The fraction of sp³-hybridized carbons (Fsp3) is 0.667. The molecule has 3 heteroatoms. The molecule has 0 heterocycles. The second kappa shape index (κ2) is 7.30. The normalized spacial score (nSPS) is 10.7. The van der Waals surface area contributed by atoms with Crippen molar-refractivity contribution in [3.63, 3.8) is 0 Å². The quantitative estimate of drug-likeness (QED) is 0.517. The lowest BCUT2D eigenvalue weighted by atomic mass is 10.3. The van der Waals surface area contributed by atoms with Crippen molar-refractivity contribution in [1.82, 2.24) is 0 Å². The van der Waals surface area contributed by atoms with E-state index in [2.05, 4.69) is 0 Å². The minimum absolute atomic E-state index is 0.185. The first-order chi connectivity index (χ1) is 4.06. The van der Waals surface area contributed by atoms with E-state index in [1.54, 1.807) is 0 Å². The molecule has 3 nitrogen and oxygen atoms in total. The summed E-state index contributed by atoms with van der Waals surface area (Å²) >= 11 is 0. The van der Waals surface area contributed by atoms with Crippen molar-refractivity contribution < 1.29 is 14.7 Å². The highest BCUT2D eigenvalue weighted by Gasteiger charge is 1.97. The predicted molar refractivity (Wildman–Crippen MR) is 34.1 cm³/mol. The smallest absolute Gasteiger partial charge is 0.157 e. The van der Waals surface area contributed by atoms with Gasteiger partial charge in [-0.2, -0.15) is 0 Å². The number of aliphatic hydroxyl groups is 1. The van der Waals surface area contributed by atoms with Gasteiger partial charge in [0, 0.05) is 0 Å². The van der Waals surface area contributed by atoms with E-state index in [4.69, 9.17) is 9.90 Å². The van der Waals surface area contributed by atoms with Gasteiger partial charge in [0.2, 0.25) is 0 Å². The molecule has 0 bridgehead atoms. The second-order valence-corrected chi connectivity index (χ2v) is 1.52. The summed E-state index contributed by atoms with van der Waals surface area (Å²) in [4.78, 5) is 18.7. The number of hydrogen-bond acceptors (Lipinski definition) is 3. The molecule has 0 saturated heterocycles. The van der Waals surface area contributed by atoms with Crippen LogP contribution in [-0.2, 0) is 9.59 Å². The Kier molecular flexibility index (Phi) is 9.04. The average Bonchev–Trinajstić information content (AvgIpc) is 1.68. The molecule has 0 amide bonds. The van der Waals surface area contributed by atoms with Crippen LogP contribution in [0.1, 0.15) is 20.8 Å². The zero-order chi connectivity index (χ0) is 7.86. The molecule has 1 N–H and O–H groups in total. The summed E-state index contributed by atoms with van der Waals surface area (Å²) in [5.41, 5.74) is 0. The van der Waals surface area contributed by atoms with Crippen molar-refractivity contribution in [3.05, 3.63) is 0 Å². The number of ketones is 1. The third-order valence-electron chi connectivity index (χ3n) is 0.588. The Bertz CT molecular complexity index is 86.3. The molecule has 9 heavy (non-hydrogen) atoms. The van der Waals surface area contributed by atoms with Gasteiger partial charge in [0.15, 0.2) is 5.78 Å². The van der Waals surface area contributed by atoms with E-state index in [9.17, 15) is 4.79 Å². The summed E-state index contributed by atoms with van der Waals surface area (Å²) in [5.74, 6) is -0.185. The van der Waals surface area contributed by atoms with Crippen LogP contribution in [0, 0.1) is 0 Å². The van der Waals surface area contributed by atoms with Gasteiger partial charge in [-0.25, -0.2) is 0 Å². The summed E-state index contributed by atoms with van der Waals surface area (Å²) in [6.07, 6.45) is -0.0370. The van der Waals surface area contributed by atoms with Gasteiger partial charge in [0.05, 0.1) is 0 Å². The highest BCUT2D eigenvalue weighted by Crippen LogP contribution is 1.76. The summed E-state index contributed by atoms with van der Waals surface area (Å²) in [6, 6.07) is 0. The van der Waals surface area contributed by atoms with Crippen LogP contribution in [0.4, 0.5) is 0 Å². The monoisotopic (exact) mass is 132 g/mol. The third kappa shape index (κ3) is 18.8. The molecule has 1 unspecified atom stereocenters. The van der Waals surface area contributed by atoms with Crippen LogP contribution in [0.5, 0.6) is 0 Å². The van der Waals surface area contributed by atoms with Gasteiger partial charge in [-0.05, 0) is 20.8 Å². The number of Topliss-reactive ketones (excluding diaryl/α,β-unsaturated/α-hetero) is 1. The molecule has 0 aliphatic heterocycles. The Morgan fingerprint density at radius 2 is 1.78 bits per heavy atom. The first-order valence-corrected chi connectivity index (χ1v) is 2.64.